The quantitative estimate of drug-likeness (QED) is 0.766. The molecule has 0 atom stereocenters. The van der Waals surface area contributed by atoms with E-state index in [9.17, 15) is 9.59 Å². The first-order valence-corrected chi connectivity index (χ1v) is 7.06. The van der Waals surface area contributed by atoms with Crippen molar-refractivity contribution < 1.29 is 14.6 Å². The first kappa shape index (κ1) is 15.3. The molecule has 114 valence electrons. The van der Waals surface area contributed by atoms with Crippen LogP contribution in [0.2, 0.25) is 0 Å². The number of nitrogens with one attached hydrogen (secondary N) is 1. The van der Waals surface area contributed by atoms with Gasteiger partial charge in [0.15, 0.2) is 0 Å². The third kappa shape index (κ3) is 3.72. The van der Waals surface area contributed by atoms with Gasteiger partial charge in [-0.25, -0.2) is 9.59 Å². The number of carboxylic acids is 1. The van der Waals surface area contributed by atoms with Gasteiger partial charge in [-0.15, -0.1) is 0 Å². The van der Waals surface area contributed by atoms with E-state index in [0.29, 0.717) is 24.2 Å². The van der Waals surface area contributed by atoms with Gasteiger partial charge in [0.25, 0.3) is 0 Å². The third-order valence-electron chi connectivity index (χ3n) is 3.25. The van der Waals surface area contributed by atoms with Crippen LogP contribution in [0.25, 0.3) is 11.0 Å². The first-order valence-electron chi connectivity index (χ1n) is 7.06. The summed E-state index contributed by atoms with van der Waals surface area (Å²) in [5, 5.41) is 9.03. The molecular formula is C15H20N2O4. The van der Waals surface area contributed by atoms with Crippen LogP contribution in [0.3, 0.4) is 0 Å². The van der Waals surface area contributed by atoms with Gasteiger partial charge >= 0.3 is 11.7 Å². The Morgan fingerprint density at radius 2 is 2.14 bits per heavy atom. The summed E-state index contributed by atoms with van der Waals surface area (Å²) in [5.74, 6) is -0.998. The predicted molar refractivity (Wildman–Crippen MR) is 79.8 cm³/mol. The van der Waals surface area contributed by atoms with Gasteiger partial charge in [-0.05, 0) is 44.9 Å². The molecule has 0 saturated heterocycles. The maximum absolute atomic E-state index is 11.9. The minimum Gasteiger partial charge on any atom is -0.478 e. The van der Waals surface area contributed by atoms with E-state index in [-0.39, 0.29) is 17.4 Å². The second-order valence-electron chi connectivity index (χ2n) is 5.25. The summed E-state index contributed by atoms with van der Waals surface area (Å²) in [4.78, 5) is 25.7. The molecule has 0 radical (unpaired) electrons. The lowest BCUT2D eigenvalue weighted by molar-refractivity contribution is 0.0697. The Bertz CT molecular complexity index is 685. The van der Waals surface area contributed by atoms with E-state index < -0.39 is 5.97 Å². The number of unbranched alkanes of at least 4 members (excludes halogenated alkanes) is 1. The number of nitrogens with zero attached hydrogens (tertiary/aromatic N) is 1. The SMILES string of the molecule is CC(C)OCCCCn1c(=O)[nH]c2ccc(C(=O)O)cc21. The van der Waals surface area contributed by atoms with E-state index in [2.05, 4.69) is 4.98 Å². The van der Waals surface area contributed by atoms with Crippen LogP contribution < -0.4 is 5.69 Å². The number of H-pyrrole nitrogens is 1. The van der Waals surface area contributed by atoms with Gasteiger partial charge < -0.3 is 14.8 Å². The van der Waals surface area contributed by atoms with Gasteiger partial charge in [0.2, 0.25) is 0 Å². The van der Waals surface area contributed by atoms with Crippen molar-refractivity contribution in [3.05, 3.63) is 34.2 Å². The molecule has 2 N–H and O–H groups in total. The van der Waals surface area contributed by atoms with Crippen molar-refractivity contribution in [3.63, 3.8) is 0 Å². The number of fused-ring (bicyclic) bond motifs is 1. The molecule has 0 aliphatic carbocycles. The molecule has 6 nitrogen and oxygen atoms in total. The molecule has 1 heterocycles. The smallest absolute Gasteiger partial charge is 0.335 e. The van der Waals surface area contributed by atoms with Crippen LogP contribution in [0.4, 0.5) is 0 Å². The van der Waals surface area contributed by atoms with Crippen LogP contribution in [0.1, 0.15) is 37.0 Å². The van der Waals surface area contributed by atoms with Crippen molar-refractivity contribution in [3.8, 4) is 0 Å². The van der Waals surface area contributed by atoms with Crippen molar-refractivity contribution in [2.24, 2.45) is 0 Å². The first-order chi connectivity index (χ1) is 9.99. The van der Waals surface area contributed by atoms with Crippen molar-refractivity contribution in [1.29, 1.82) is 0 Å². The Balaban J connectivity index is 2.11. The predicted octanol–water partition coefficient (Wildman–Crippen LogP) is 2.23. The number of carboxylic acid groups (broad SMARTS) is 1. The van der Waals surface area contributed by atoms with Gasteiger partial charge in [0.05, 0.1) is 22.7 Å². The Morgan fingerprint density at radius 1 is 1.38 bits per heavy atom. The molecule has 0 aliphatic heterocycles. The normalized spacial score (nSPS) is 11.4. The average Bonchev–Trinajstić information content (AvgIpc) is 2.73. The van der Waals surface area contributed by atoms with Crippen LogP contribution >= 0.6 is 0 Å². The fraction of sp³-hybridized carbons (Fsp3) is 0.467. The van der Waals surface area contributed by atoms with Crippen LogP contribution in [0.5, 0.6) is 0 Å². The minimum absolute atomic E-state index is 0.179. The maximum atomic E-state index is 11.9. The fourth-order valence-electron chi connectivity index (χ4n) is 2.20. The number of aromatic nitrogens is 2. The number of benzene rings is 1. The molecule has 2 rings (SSSR count). The maximum Gasteiger partial charge on any atom is 0.335 e. The van der Waals surface area contributed by atoms with E-state index >= 15 is 0 Å². The molecule has 2 aromatic rings. The lowest BCUT2D eigenvalue weighted by atomic mass is 10.2. The number of aryl methyl sites for hydroxylation is 1. The second-order valence-corrected chi connectivity index (χ2v) is 5.25. The Kier molecular flexibility index (Phi) is 4.80. The molecule has 0 amide bonds. The van der Waals surface area contributed by atoms with Crippen molar-refractivity contribution in [2.75, 3.05) is 6.61 Å². The molecule has 0 unspecified atom stereocenters. The third-order valence-corrected chi connectivity index (χ3v) is 3.25. The zero-order valence-electron chi connectivity index (χ0n) is 12.3. The van der Waals surface area contributed by atoms with E-state index in [1.807, 2.05) is 13.8 Å². The number of aromatic carboxylic acids is 1. The lowest BCUT2D eigenvalue weighted by Gasteiger charge is -2.07. The van der Waals surface area contributed by atoms with Gasteiger partial charge in [-0.3, -0.25) is 4.57 Å². The highest BCUT2D eigenvalue weighted by Gasteiger charge is 2.10. The van der Waals surface area contributed by atoms with E-state index in [4.69, 9.17) is 9.84 Å². The van der Waals surface area contributed by atoms with Crippen molar-refractivity contribution in [1.82, 2.24) is 9.55 Å². The molecule has 0 aliphatic rings. The molecule has 0 saturated carbocycles. The lowest BCUT2D eigenvalue weighted by Crippen LogP contribution is -2.17. The molecule has 1 aromatic heterocycles. The Labute approximate surface area is 122 Å². The monoisotopic (exact) mass is 292 g/mol. The van der Waals surface area contributed by atoms with Crippen LogP contribution in [0.15, 0.2) is 23.0 Å². The zero-order valence-corrected chi connectivity index (χ0v) is 12.3. The summed E-state index contributed by atoms with van der Waals surface area (Å²) in [6, 6.07) is 4.64. The summed E-state index contributed by atoms with van der Waals surface area (Å²) in [5.41, 5.74) is 1.25. The number of ether oxygens (including phenoxy) is 1. The van der Waals surface area contributed by atoms with Crippen LogP contribution in [0, 0.1) is 0 Å². The number of rotatable bonds is 7. The Hall–Kier alpha value is -2.08. The van der Waals surface area contributed by atoms with Gasteiger partial charge in [-0.2, -0.15) is 0 Å². The fourth-order valence-corrected chi connectivity index (χ4v) is 2.20. The molecule has 6 heteroatoms. The van der Waals surface area contributed by atoms with Crippen LogP contribution in [-0.2, 0) is 11.3 Å². The highest BCUT2D eigenvalue weighted by molar-refractivity contribution is 5.92. The summed E-state index contributed by atoms with van der Waals surface area (Å²) in [6.07, 6.45) is 1.87. The summed E-state index contributed by atoms with van der Waals surface area (Å²) >= 11 is 0. The number of hydrogen-bond donors (Lipinski definition) is 2. The molecular weight excluding hydrogens is 272 g/mol. The van der Waals surface area contributed by atoms with Crippen molar-refractivity contribution in [2.45, 2.75) is 39.3 Å². The van der Waals surface area contributed by atoms with Crippen molar-refractivity contribution >= 4 is 17.0 Å². The van der Waals surface area contributed by atoms with E-state index in [0.717, 1.165) is 12.8 Å². The van der Waals surface area contributed by atoms with Gasteiger partial charge in [0, 0.05) is 13.2 Å². The van der Waals surface area contributed by atoms with E-state index in [1.54, 1.807) is 10.6 Å². The standard InChI is InChI=1S/C15H20N2O4/c1-10(2)21-8-4-3-7-17-13-9-11(14(18)19)5-6-12(13)16-15(17)20/h5-6,9-10H,3-4,7-8H2,1-2H3,(H,16,20)(H,18,19). The zero-order chi connectivity index (χ0) is 15.4. The summed E-state index contributed by atoms with van der Waals surface area (Å²) in [7, 11) is 0. The largest absolute Gasteiger partial charge is 0.478 e. The average molecular weight is 292 g/mol. The number of hydrogen-bond acceptors (Lipinski definition) is 3. The second kappa shape index (κ2) is 6.58. The number of imidazole rings is 1. The molecule has 0 fully saturated rings. The van der Waals surface area contributed by atoms with Gasteiger partial charge in [0.1, 0.15) is 0 Å². The minimum atomic E-state index is -0.998. The number of aromatic amines is 1. The summed E-state index contributed by atoms with van der Waals surface area (Å²) < 4.78 is 7.04. The topological polar surface area (TPSA) is 84.3 Å². The Morgan fingerprint density at radius 3 is 2.81 bits per heavy atom. The highest BCUT2D eigenvalue weighted by atomic mass is 16.5. The summed E-state index contributed by atoms with van der Waals surface area (Å²) in [6.45, 7) is 5.17. The molecule has 21 heavy (non-hydrogen) atoms. The van der Waals surface area contributed by atoms with Crippen LogP contribution in [-0.4, -0.2) is 33.3 Å². The molecule has 1 aromatic carbocycles. The number of carbonyl (C=O) groups is 1. The van der Waals surface area contributed by atoms with Gasteiger partial charge in [-0.1, -0.05) is 0 Å². The molecule has 0 spiro atoms. The molecule has 0 bridgehead atoms. The van der Waals surface area contributed by atoms with E-state index in [1.165, 1.54) is 12.1 Å². The highest BCUT2D eigenvalue weighted by Crippen LogP contribution is 2.14.